The molecule has 0 saturated heterocycles. The highest BCUT2D eigenvalue weighted by Gasteiger charge is 2.18. The molecule has 12 nitrogen and oxygen atoms in total. The van der Waals surface area contributed by atoms with Gasteiger partial charge in [0.05, 0.1) is 33.6 Å². The number of nitrogen functional groups attached to an aromatic ring is 1. The predicted molar refractivity (Wildman–Crippen MR) is 134 cm³/mol. The topological polar surface area (TPSA) is 175 Å². The third-order valence-electron chi connectivity index (χ3n) is 5.16. The Bertz CT molecular complexity index is 1750. The van der Waals surface area contributed by atoms with Gasteiger partial charge in [-0.15, -0.1) is 14.6 Å². The fourth-order valence-electron chi connectivity index (χ4n) is 3.58. The van der Waals surface area contributed by atoms with Crippen LogP contribution in [0.15, 0.2) is 74.6 Å². The SMILES string of the molecule is Cc1nn(-c2ccc3cccc(S(=O)(=O)O)c3c2)c(N)c1/N=N/c1nc2cc(SOOO)ccc2s1. The number of benzene rings is 3. The minimum atomic E-state index is -4.43. The van der Waals surface area contributed by atoms with Crippen LogP contribution in [0.3, 0.4) is 0 Å². The molecule has 0 saturated carbocycles. The first kappa shape index (κ1) is 24.3. The highest BCUT2D eigenvalue weighted by molar-refractivity contribution is 7.94. The summed E-state index contributed by atoms with van der Waals surface area (Å²) in [6.45, 7) is 1.72. The van der Waals surface area contributed by atoms with E-state index in [0.717, 1.165) is 16.7 Å². The molecule has 15 heteroatoms. The minimum Gasteiger partial charge on any atom is -0.382 e. The first-order chi connectivity index (χ1) is 17.2. The van der Waals surface area contributed by atoms with E-state index < -0.39 is 10.1 Å². The van der Waals surface area contributed by atoms with Crippen molar-refractivity contribution in [3.05, 3.63) is 60.3 Å². The van der Waals surface area contributed by atoms with Gasteiger partial charge < -0.3 is 5.73 Å². The van der Waals surface area contributed by atoms with E-state index in [1.54, 1.807) is 49.4 Å². The van der Waals surface area contributed by atoms with Crippen molar-refractivity contribution in [3.8, 4) is 5.69 Å². The van der Waals surface area contributed by atoms with Gasteiger partial charge in [0.15, 0.2) is 11.5 Å². The van der Waals surface area contributed by atoms with Gasteiger partial charge in [-0.3, -0.25) is 4.55 Å². The second kappa shape index (κ2) is 9.55. The third kappa shape index (κ3) is 4.68. The molecular formula is C21H16N6O6S3. The van der Waals surface area contributed by atoms with E-state index in [0.29, 0.717) is 43.4 Å². The largest absolute Gasteiger partial charge is 0.382 e. The lowest BCUT2D eigenvalue weighted by Crippen LogP contribution is -2.03. The average Bonchev–Trinajstić information content (AvgIpc) is 3.39. The molecule has 0 fully saturated rings. The Morgan fingerprint density at radius 3 is 2.75 bits per heavy atom. The van der Waals surface area contributed by atoms with Crippen LogP contribution in [0.25, 0.3) is 26.7 Å². The highest BCUT2D eigenvalue weighted by atomic mass is 32.2. The van der Waals surface area contributed by atoms with E-state index >= 15 is 0 Å². The van der Waals surface area contributed by atoms with Crippen LogP contribution in [0.1, 0.15) is 5.69 Å². The van der Waals surface area contributed by atoms with E-state index in [9.17, 15) is 13.0 Å². The van der Waals surface area contributed by atoms with Crippen LogP contribution in [-0.4, -0.2) is 33.0 Å². The number of aryl methyl sites for hydroxylation is 1. The number of azo groups is 1. The Labute approximate surface area is 211 Å². The molecule has 0 atom stereocenters. The maximum Gasteiger partial charge on any atom is 0.295 e. The molecule has 36 heavy (non-hydrogen) atoms. The molecule has 4 N–H and O–H groups in total. The molecule has 184 valence electrons. The molecule has 2 heterocycles. The van der Waals surface area contributed by atoms with Crippen LogP contribution in [-0.2, 0) is 19.5 Å². The van der Waals surface area contributed by atoms with Crippen LogP contribution in [0.5, 0.6) is 0 Å². The zero-order valence-electron chi connectivity index (χ0n) is 18.3. The first-order valence-corrected chi connectivity index (χ1v) is 13.1. The van der Waals surface area contributed by atoms with Crippen molar-refractivity contribution in [1.82, 2.24) is 14.8 Å². The molecule has 2 aromatic heterocycles. The van der Waals surface area contributed by atoms with E-state index in [1.165, 1.54) is 22.1 Å². The standard InChI is InChI=1S/C21H16N6O6S3/c1-11-19(24-25-21-23-16-10-14(35-33-32-28)7-8-17(16)34-21)20(22)27(26-11)13-6-5-12-3-2-4-18(15(12)9-13)36(29,30)31/h2-10,28H,22H2,1H3,(H,29,30,31)/b25-24+. The number of aromatic nitrogens is 3. The molecule has 5 aromatic rings. The summed E-state index contributed by atoms with van der Waals surface area (Å²) in [6, 6.07) is 15.0. The Morgan fingerprint density at radius 2 is 1.97 bits per heavy atom. The molecule has 0 aliphatic rings. The zero-order valence-corrected chi connectivity index (χ0v) is 20.7. The molecule has 0 spiro atoms. The monoisotopic (exact) mass is 544 g/mol. The second-order valence-electron chi connectivity index (χ2n) is 7.42. The van der Waals surface area contributed by atoms with Gasteiger partial charge in [0.2, 0.25) is 5.13 Å². The third-order valence-corrected chi connectivity index (χ3v) is 7.56. The minimum absolute atomic E-state index is 0.195. The van der Waals surface area contributed by atoms with E-state index in [4.69, 9.17) is 11.0 Å². The summed E-state index contributed by atoms with van der Waals surface area (Å²) in [5.41, 5.74) is 8.30. The van der Waals surface area contributed by atoms with Gasteiger partial charge in [0.25, 0.3) is 10.1 Å². The number of nitrogens with zero attached hydrogens (tertiary/aromatic N) is 5. The van der Waals surface area contributed by atoms with Crippen LogP contribution < -0.4 is 5.73 Å². The lowest BCUT2D eigenvalue weighted by Gasteiger charge is -2.08. The van der Waals surface area contributed by atoms with E-state index in [-0.39, 0.29) is 10.7 Å². The average molecular weight is 545 g/mol. The van der Waals surface area contributed by atoms with Crippen molar-refractivity contribution in [3.63, 3.8) is 0 Å². The lowest BCUT2D eigenvalue weighted by molar-refractivity contribution is -0.432. The van der Waals surface area contributed by atoms with Crippen molar-refractivity contribution in [2.45, 2.75) is 16.7 Å². The molecule has 0 radical (unpaired) electrons. The molecular weight excluding hydrogens is 528 g/mol. The smallest absolute Gasteiger partial charge is 0.295 e. The second-order valence-corrected chi connectivity index (χ2v) is 10.6. The normalized spacial score (nSPS) is 12.3. The number of nitrogens with two attached hydrogens (primary N) is 1. The number of rotatable bonds is 7. The molecule has 5 rings (SSSR count). The summed E-state index contributed by atoms with van der Waals surface area (Å²) in [6.07, 6.45) is 0. The maximum absolute atomic E-state index is 11.8. The molecule has 3 aromatic carbocycles. The molecule has 0 unspecified atom stereocenters. The van der Waals surface area contributed by atoms with Gasteiger partial charge >= 0.3 is 0 Å². The molecule has 0 amide bonds. The summed E-state index contributed by atoms with van der Waals surface area (Å²) < 4.78 is 40.0. The van der Waals surface area contributed by atoms with Crippen molar-refractivity contribution < 1.29 is 27.6 Å². The van der Waals surface area contributed by atoms with Crippen LogP contribution in [0, 0.1) is 6.92 Å². The van der Waals surface area contributed by atoms with Crippen molar-refractivity contribution in [2.75, 3.05) is 5.73 Å². The van der Waals surface area contributed by atoms with Crippen molar-refractivity contribution in [1.29, 1.82) is 0 Å². The first-order valence-electron chi connectivity index (χ1n) is 10.1. The van der Waals surface area contributed by atoms with Crippen LogP contribution >= 0.6 is 23.4 Å². The Morgan fingerprint density at radius 1 is 1.14 bits per heavy atom. The number of hydrogen-bond acceptors (Lipinski definition) is 12. The number of fused-ring (bicyclic) bond motifs is 2. The summed E-state index contributed by atoms with van der Waals surface area (Å²) in [4.78, 5) is 4.88. The summed E-state index contributed by atoms with van der Waals surface area (Å²) >= 11 is 2.14. The van der Waals surface area contributed by atoms with E-state index in [2.05, 4.69) is 29.7 Å². The van der Waals surface area contributed by atoms with Crippen LogP contribution in [0.2, 0.25) is 0 Å². The highest BCUT2D eigenvalue weighted by Crippen LogP contribution is 2.35. The fourth-order valence-corrected chi connectivity index (χ4v) is 5.45. The van der Waals surface area contributed by atoms with Gasteiger partial charge in [0.1, 0.15) is 4.90 Å². The number of hydrogen-bond donors (Lipinski definition) is 3. The zero-order chi connectivity index (χ0) is 25.4. The summed E-state index contributed by atoms with van der Waals surface area (Å²) in [5, 5.41) is 26.2. The summed E-state index contributed by atoms with van der Waals surface area (Å²) in [7, 11) is -4.43. The van der Waals surface area contributed by atoms with Crippen molar-refractivity contribution in [2.24, 2.45) is 10.2 Å². The van der Waals surface area contributed by atoms with Gasteiger partial charge in [-0.05, 0) is 48.7 Å². The molecule has 0 bridgehead atoms. The van der Waals surface area contributed by atoms with Gasteiger partial charge in [-0.1, -0.05) is 34.6 Å². The maximum atomic E-state index is 11.8. The number of anilines is 1. The van der Waals surface area contributed by atoms with Crippen LogP contribution in [0.4, 0.5) is 16.6 Å². The van der Waals surface area contributed by atoms with Gasteiger partial charge in [-0.2, -0.15) is 13.5 Å². The Hall–Kier alpha value is -3.44. The fraction of sp³-hybridized carbons (Fsp3) is 0.0476. The predicted octanol–water partition coefficient (Wildman–Crippen LogP) is 5.62. The Balaban J connectivity index is 1.49. The van der Waals surface area contributed by atoms with Gasteiger partial charge in [-0.25, -0.2) is 14.9 Å². The lowest BCUT2D eigenvalue weighted by atomic mass is 10.1. The Kier molecular flexibility index (Phi) is 6.44. The van der Waals surface area contributed by atoms with Crippen molar-refractivity contribution >= 4 is 71.1 Å². The molecule has 0 aliphatic carbocycles. The molecule has 0 aliphatic heterocycles. The van der Waals surface area contributed by atoms with Gasteiger partial charge in [0, 0.05) is 10.3 Å². The number of thiazole rings is 1. The summed E-state index contributed by atoms with van der Waals surface area (Å²) in [5.74, 6) is 0.195. The van der Waals surface area contributed by atoms with E-state index in [1.807, 2.05) is 6.07 Å². The quantitative estimate of drug-likeness (QED) is 0.0767.